The zero-order valence-corrected chi connectivity index (χ0v) is 15.6. The fraction of sp³-hybridized carbons (Fsp3) is 0.130. The number of benzene rings is 2. The Bertz CT molecular complexity index is 1020. The van der Waals surface area contributed by atoms with Crippen molar-refractivity contribution in [1.82, 2.24) is 13.7 Å². The first-order chi connectivity index (χ1) is 12.6. The van der Waals surface area contributed by atoms with Crippen molar-refractivity contribution >= 4 is 21.7 Å². The molecule has 3 heterocycles. The van der Waals surface area contributed by atoms with E-state index in [2.05, 4.69) is 89.4 Å². The maximum Gasteiger partial charge on any atom is 0.0477 e. The van der Waals surface area contributed by atoms with Gasteiger partial charge in [0.15, 0.2) is 0 Å². The Morgan fingerprint density at radius 3 is 1.54 bits per heavy atom. The highest BCUT2D eigenvalue weighted by Crippen LogP contribution is 2.13. The summed E-state index contributed by atoms with van der Waals surface area (Å²) in [6.07, 6.45) is 10.3. The molecule has 3 nitrogen and oxygen atoms in total. The van der Waals surface area contributed by atoms with Gasteiger partial charge < -0.3 is 13.7 Å². The number of aryl methyl sites for hydroxylation is 3. The van der Waals surface area contributed by atoms with E-state index in [1.165, 1.54) is 21.7 Å². The number of rotatable bonds is 0. The van der Waals surface area contributed by atoms with Crippen LogP contribution in [0.1, 0.15) is 0 Å². The quantitative estimate of drug-likeness (QED) is 0.358. The van der Waals surface area contributed by atoms with Crippen LogP contribution in [0.15, 0.2) is 97.7 Å². The lowest BCUT2D eigenvalue weighted by molar-refractivity contribution is 0.928. The van der Waals surface area contributed by atoms with E-state index >= 15 is 0 Å². The summed E-state index contributed by atoms with van der Waals surface area (Å²) in [5.74, 6) is 0. The molecule has 0 aliphatic carbocycles. The number of fused-ring (bicyclic) bond motifs is 2. The fourth-order valence-electron chi connectivity index (χ4n) is 2.86. The van der Waals surface area contributed by atoms with Crippen molar-refractivity contribution < 1.29 is 0 Å². The third kappa shape index (κ3) is 4.45. The molecule has 0 aliphatic heterocycles. The van der Waals surface area contributed by atoms with E-state index in [-0.39, 0.29) is 0 Å². The molecule has 0 unspecified atom stereocenters. The molecule has 3 heteroatoms. The molecule has 5 rings (SSSR count). The van der Waals surface area contributed by atoms with Gasteiger partial charge in [0.2, 0.25) is 0 Å². The number of hydrogen-bond acceptors (Lipinski definition) is 0. The van der Waals surface area contributed by atoms with Crippen LogP contribution in [-0.4, -0.2) is 13.7 Å². The first-order valence-corrected chi connectivity index (χ1v) is 8.71. The van der Waals surface area contributed by atoms with E-state index in [1.54, 1.807) is 0 Å². The third-order valence-electron chi connectivity index (χ3n) is 4.23. The predicted molar refractivity (Wildman–Crippen MR) is 111 cm³/mol. The standard InChI is InChI=1S/2C9H9N.C5H7N/c1-10-6-8-4-2-3-5-9(8)7-10;1-10-7-6-8-4-2-3-5-9(8)10;1-6-4-2-3-5-6/h2*2-7H,1H3;2-5H,1H3. The van der Waals surface area contributed by atoms with Crippen LogP contribution in [0.5, 0.6) is 0 Å². The molecule has 0 spiro atoms. The highest BCUT2D eigenvalue weighted by atomic mass is 14.9. The van der Waals surface area contributed by atoms with E-state index in [0.29, 0.717) is 0 Å². The molecule has 0 fully saturated rings. The molecular formula is C23H25N3. The predicted octanol–water partition coefficient (Wildman–Crippen LogP) is 5.38. The zero-order chi connectivity index (χ0) is 18.4. The molecule has 26 heavy (non-hydrogen) atoms. The summed E-state index contributed by atoms with van der Waals surface area (Å²) in [4.78, 5) is 0. The SMILES string of the molecule is Cn1cc2ccccc2c1.Cn1ccc2ccccc21.Cn1cccc1. The van der Waals surface area contributed by atoms with Gasteiger partial charge in [0.25, 0.3) is 0 Å². The van der Waals surface area contributed by atoms with Gasteiger partial charge in [-0.2, -0.15) is 0 Å². The summed E-state index contributed by atoms with van der Waals surface area (Å²) in [7, 11) is 6.10. The van der Waals surface area contributed by atoms with Crippen LogP contribution in [0.3, 0.4) is 0 Å². The van der Waals surface area contributed by atoms with E-state index in [4.69, 9.17) is 0 Å². The Morgan fingerprint density at radius 1 is 0.500 bits per heavy atom. The molecule has 0 saturated carbocycles. The minimum absolute atomic E-state index is 1.29. The minimum atomic E-state index is 1.29. The van der Waals surface area contributed by atoms with Gasteiger partial charge in [-0.25, -0.2) is 0 Å². The fourth-order valence-corrected chi connectivity index (χ4v) is 2.86. The van der Waals surface area contributed by atoms with E-state index in [9.17, 15) is 0 Å². The van der Waals surface area contributed by atoms with Gasteiger partial charge >= 0.3 is 0 Å². The van der Waals surface area contributed by atoms with Gasteiger partial charge in [-0.05, 0) is 40.4 Å². The molecular weight excluding hydrogens is 318 g/mol. The highest BCUT2D eigenvalue weighted by Gasteiger charge is 1.92. The molecule has 3 aromatic heterocycles. The first-order valence-electron chi connectivity index (χ1n) is 8.71. The Kier molecular flexibility index (Phi) is 5.59. The van der Waals surface area contributed by atoms with Gasteiger partial charge in [-0.15, -0.1) is 0 Å². The molecule has 0 N–H and O–H groups in total. The van der Waals surface area contributed by atoms with Crippen molar-refractivity contribution in [3.05, 3.63) is 97.7 Å². The molecule has 2 aromatic carbocycles. The van der Waals surface area contributed by atoms with Crippen molar-refractivity contribution in [1.29, 1.82) is 0 Å². The maximum absolute atomic E-state index is 2.12. The van der Waals surface area contributed by atoms with Crippen molar-refractivity contribution in [2.24, 2.45) is 21.1 Å². The Labute approximate surface area is 154 Å². The van der Waals surface area contributed by atoms with Crippen LogP contribution in [0.2, 0.25) is 0 Å². The van der Waals surface area contributed by atoms with Gasteiger partial charge in [0.05, 0.1) is 0 Å². The number of para-hydroxylation sites is 1. The Morgan fingerprint density at radius 2 is 1.04 bits per heavy atom. The highest BCUT2D eigenvalue weighted by molar-refractivity contribution is 5.82. The topological polar surface area (TPSA) is 14.8 Å². The Balaban J connectivity index is 0.000000117. The number of nitrogens with zero attached hydrogens (tertiary/aromatic N) is 3. The summed E-state index contributed by atoms with van der Waals surface area (Å²) >= 11 is 0. The molecule has 132 valence electrons. The van der Waals surface area contributed by atoms with Crippen molar-refractivity contribution in [3.8, 4) is 0 Å². The zero-order valence-electron chi connectivity index (χ0n) is 15.6. The second-order valence-corrected chi connectivity index (χ2v) is 6.39. The first kappa shape index (κ1) is 17.6. The minimum Gasteiger partial charge on any atom is -0.357 e. The average molecular weight is 343 g/mol. The molecule has 0 amide bonds. The summed E-state index contributed by atoms with van der Waals surface area (Å²) in [5.41, 5.74) is 1.29. The van der Waals surface area contributed by atoms with Crippen LogP contribution in [0, 0.1) is 0 Å². The van der Waals surface area contributed by atoms with Gasteiger partial charge in [-0.1, -0.05) is 42.5 Å². The van der Waals surface area contributed by atoms with Gasteiger partial charge in [0.1, 0.15) is 0 Å². The van der Waals surface area contributed by atoms with Crippen LogP contribution in [0.25, 0.3) is 21.7 Å². The normalized spacial score (nSPS) is 10.1. The summed E-state index contributed by atoms with van der Waals surface area (Å²) in [5, 5.41) is 3.93. The lowest BCUT2D eigenvalue weighted by Gasteiger charge is -1.92. The summed E-state index contributed by atoms with van der Waals surface area (Å²) in [6.45, 7) is 0. The molecule has 5 aromatic rings. The lowest BCUT2D eigenvalue weighted by atomic mass is 10.2. The molecule has 0 radical (unpaired) electrons. The summed E-state index contributed by atoms with van der Waals surface area (Å²) < 4.78 is 6.19. The molecule has 0 atom stereocenters. The van der Waals surface area contributed by atoms with Gasteiger partial charge in [0, 0.05) is 57.6 Å². The van der Waals surface area contributed by atoms with Crippen LogP contribution in [-0.2, 0) is 21.1 Å². The van der Waals surface area contributed by atoms with Crippen LogP contribution >= 0.6 is 0 Å². The monoisotopic (exact) mass is 343 g/mol. The van der Waals surface area contributed by atoms with Gasteiger partial charge in [-0.3, -0.25) is 0 Å². The third-order valence-corrected chi connectivity index (χ3v) is 4.23. The lowest BCUT2D eigenvalue weighted by Crippen LogP contribution is -1.81. The molecule has 0 bridgehead atoms. The van der Waals surface area contributed by atoms with Crippen molar-refractivity contribution in [2.75, 3.05) is 0 Å². The average Bonchev–Trinajstić information content (AvgIpc) is 3.36. The molecule has 0 saturated heterocycles. The summed E-state index contributed by atoms with van der Waals surface area (Å²) in [6, 6.07) is 22.8. The van der Waals surface area contributed by atoms with Crippen LogP contribution < -0.4 is 0 Å². The smallest absolute Gasteiger partial charge is 0.0477 e. The number of aromatic nitrogens is 3. The van der Waals surface area contributed by atoms with E-state index in [0.717, 1.165) is 0 Å². The van der Waals surface area contributed by atoms with E-state index < -0.39 is 0 Å². The molecule has 0 aliphatic rings. The van der Waals surface area contributed by atoms with Crippen LogP contribution in [0.4, 0.5) is 0 Å². The number of hydrogen-bond donors (Lipinski definition) is 0. The second kappa shape index (κ2) is 8.26. The second-order valence-electron chi connectivity index (χ2n) is 6.39. The van der Waals surface area contributed by atoms with Crippen molar-refractivity contribution in [3.63, 3.8) is 0 Å². The largest absolute Gasteiger partial charge is 0.357 e. The van der Waals surface area contributed by atoms with E-state index in [1.807, 2.05) is 43.2 Å². The maximum atomic E-state index is 2.12. The Hall–Kier alpha value is -3.20. The van der Waals surface area contributed by atoms with Crippen molar-refractivity contribution in [2.45, 2.75) is 0 Å².